The number of rotatable bonds is 1. The standard InChI is InChI=1S/C19H12BrFO/c1-11-18(13-3-2-4-15(21)10-13)19-16-7-6-14(20)9-12(16)5-8-17(19)22-11/h2-10H,1H3. The van der Waals surface area contributed by atoms with Crippen LogP contribution in [0, 0.1) is 12.7 Å². The molecule has 0 fully saturated rings. The molecule has 0 N–H and O–H groups in total. The zero-order chi connectivity index (χ0) is 15.3. The predicted molar refractivity (Wildman–Crippen MR) is 91.6 cm³/mol. The van der Waals surface area contributed by atoms with Crippen molar-refractivity contribution in [1.29, 1.82) is 0 Å². The van der Waals surface area contributed by atoms with Gasteiger partial charge in [0.15, 0.2) is 0 Å². The van der Waals surface area contributed by atoms with Crippen molar-refractivity contribution in [2.24, 2.45) is 0 Å². The number of aryl methyl sites for hydroxylation is 1. The van der Waals surface area contributed by atoms with Crippen LogP contribution < -0.4 is 0 Å². The van der Waals surface area contributed by atoms with E-state index in [4.69, 9.17) is 4.42 Å². The van der Waals surface area contributed by atoms with Crippen LogP contribution in [0.15, 0.2) is 63.5 Å². The van der Waals surface area contributed by atoms with Crippen LogP contribution in [0.25, 0.3) is 32.9 Å². The maximum Gasteiger partial charge on any atom is 0.135 e. The molecule has 1 aromatic heterocycles. The fourth-order valence-electron chi connectivity index (χ4n) is 3.01. The molecule has 22 heavy (non-hydrogen) atoms. The van der Waals surface area contributed by atoms with Crippen molar-refractivity contribution in [3.63, 3.8) is 0 Å². The number of halogens is 2. The van der Waals surface area contributed by atoms with Crippen molar-refractivity contribution in [3.8, 4) is 11.1 Å². The van der Waals surface area contributed by atoms with E-state index in [0.29, 0.717) is 0 Å². The molecule has 0 aliphatic rings. The van der Waals surface area contributed by atoms with Crippen molar-refractivity contribution < 1.29 is 8.81 Å². The average molecular weight is 355 g/mol. The van der Waals surface area contributed by atoms with Gasteiger partial charge in [-0.05, 0) is 53.6 Å². The van der Waals surface area contributed by atoms with E-state index in [1.807, 2.05) is 31.2 Å². The minimum absolute atomic E-state index is 0.241. The number of benzene rings is 3. The third-order valence-corrected chi connectivity index (χ3v) is 4.42. The molecule has 0 aliphatic heterocycles. The van der Waals surface area contributed by atoms with E-state index in [9.17, 15) is 4.39 Å². The summed E-state index contributed by atoms with van der Waals surface area (Å²) in [6.45, 7) is 1.92. The lowest BCUT2D eigenvalue weighted by Crippen LogP contribution is -1.82. The van der Waals surface area contributed by atoms with E-state index in [-0.39, 0.29) is 5.82 Å². The Labute approximate surface area is 135 Å². The Hall–Kier alpha value is -2.13. The molecule has 108 valence electrons. The molecule has 1 nitrogen and oxygen atoms in total. The topological polar surface area (TPSA) is 13.1 Å². The Morgan fingerprint density at radius 3 is 2.68 bits per heavy atom. The van der Waals surface area contributed by atoms with Gasteiger partial charge in [-0.1, -0.05) is 40.2 Å². The smallest absolute Gasteiger partial charge is 0.135 e. The first-order chi connectivity index (χ1) is 10.6. The average Bonchev–Trinajstić information content (AvgIpc) is 2.83. The minimum atomic E-state index is -0.241. The van der Waals surface area contributed by atoms with E-state index in [0.717, 1.165) is 43.1 Å². The monoisotopic (exact) mass is 354 g/mol. The normalized spacial score (nSPS) is 11.4. The minimum Gasteiger partial charge on any atom is -0.461 e. The van der Waals surface area contributed by atoms with Gasteiger partial charge in [-0.3, -0.25) is 0 Å². The predicted octanol–water partition coefficient (Wildman–Crippen LogP) is 6.46. The van der Waals surface area contributed by atoms with E-state index in [2.05, 4.69) is 28.1 Å². The molecule has 4 rings (SSSR count). The molecule has 0 amide bonds. The SMILES string of the molecule is Cc1oc2ccc3cc(Br)ccc3c2c1-c1cccc(F)c1. The van der Waals surface area contributed by atoms with Crippen LogP contribution in [-0.2, 0) is 0 Å². The van der Waals surface area contributed by atoms with Crippen LogP contribution in [0.2, 0.25) is 0 Å². The summed E-state index contributed by atoms with van der Waals surface area (Å²) in [5, 5.41) is 3.27. The molecular weight excluding hydrogens is 343 g/mol. The highest BCUT2D eigenvalue weighted by atomic mass is 79.9. The van der Waals surface area contributed by atoms with Gasteiger partial charge in [-0.25, -0.2) is 4.39 Å². The zero-order valence-electron chi connectivity index (χ0n) is 11.9. The zero-order valence-corrected chi connectivity index (χ0v) is 13.4. The molecule has 4 aromatic rings. The molecule has 0 radical (unpaired) electrons. The molecule has 0 saturated carbocycles. The summed E-state index contributed by atoms with van der Waals surface area (Å²) in [7, 11) is 0. The van der Waals surface area contributed by atoms with Gasteiger partial charge < -0.3 is 4.42 Å². The molecule has 0 bridgehead atoms. The first-order valence-electron chi connectivity index (χ1n) is 7.01. The summed E-state index contributed by atoms with van der Waals surface area (Å²) in [6, 6.07) is 16.8. The first-order valence-corrected chi connectivity index (χ1v) is 7.80. The second-order valence-corrected chi connectivity index (χ2v) is 6.26. The summed E-state index contributed by atoms with van der Waals surface area (Å²) in [5.74, 6) is 0.560. The van der Waals surface area contributed by atoms with Gasteiger partial charge in [-0.15, -0.1) is 0 Å². The molecule has 0 aliphatic carbocycles. The Morgan fingerprint density at radius 1 is 1.00 bits per heavy atom. The van der Waals surface area contributed by atoms with E-state index in [1.165, 1.54) is 6.07 Å². The summed E-state index contributed by atoms with van der Waals surface area (Å²) in [6.07, 6.45) is 0. The first kappa shape index (κ1) is 13.5. The fourth-order valence-corrected chi connectivity index (χ4v) is 3.39. The molecule has 0 atom stereocenters. The number of hydrogen-bond donors (Lipinski definition) is 0. The largest absolute Gasteiger partial charge is 0.461 e. The lowest BCUT2D eigenvalue weighted by atomic mass is 9.98. The van der Waals surface area contributed by atoms with E-state index < -0.39 is 0 Å². The van der Waals surface area contributed by atoms with Crippen LogP contribution in [0.3, 0.4) is 0 Å². The van der Waals surface area contributed by atoms with Crippen LogP contribution in [0.4, 0.5) is 4.39 Å². The fraction of sp³-hybridized carbons (Fsp3) is 0.0526. The number of fused-ring (bicyclic) bond motifs is 3. The highest BCUT2D eigenvalue weighted by Crippen LogP contribution is 2.39. The Morgan fingerprint density at radius 2 is 1.86 bits per heavy atom. The molecule has 1 heterocycles. The second kappa shape index (κ2) is 4.96. The lowest BCUT2D eigenvalue weighted by Gasteiger charge is -2.04. The Bertz CT molecular complexity index is 1020. The molecule has 3 aromatic carbocycles. The van der Waals surface area contributed by atoms with Crippen LogP contribution in [0.1, 0.15) is 5.76 Å². The van der Waals surface area contributed by atoms with Gasteiger partial charge in [-0.2, -0.15) is 0 Å². The second-order valence-electron chi connectivity index (χ2n) is 5.35. The van der Waals surface area contributed by atoms with Crippen molar-refractivity contribution in [1.82, 2.24) is 0 Å². The molecule has 0 spiro atoms. The van der Waals surface area contributed by atoms with Crippen molar-refractivity contribution in [2.45, 2.75) is 6.92 Å². The number of furan rings is 1. The summed E-state index contributed by atoms with van der Waals surface area (Å²) < 4.78 is 20.6. The maximum atomic E-state index is 13.6. The van der Waals surface area contributed by atoms with Crippen LogP contribution >= 0.6 is 15.9 Å². The molecule has 3 heteroatoms. The maximum absolute atomic E-state index is 13.6. The highest BCUT2D eigenvalue weighted by molar-refractivity contribution is 9.10. The highest BCUT2D eigenvalue weighted by Gasteiger charge is 2.16. The van der Waals surface area contributed by atoms with Gasteiger partial charge in [0, 0.05) is 15.4 Å². The molecule has 0 saturated heterocycles. The van der Waals surface area contributed by atoms with Crippen molar-refractivity contribution in [2.75, 3.05) is 0 Å². The molecular formula is C19H12BrFO. The van der Waals surface area contributed by atoms with Crippen molar-refractivity contribution >= 4 is 37.7 Å². The lowest BCUT2D eigenvalue weighted by molar-refractivity contribution is 0.580. The third-order valence-electron chi connectivity index (χ3n) is 3.92. The quantitative estimate of drug-likeness (QED) is 0.382. The third kappa shape index (κ3) is 2.04. The van der Waals surface area contributed by atoms with E-state index in [1.54, 1.807) is 12.1 Å². The summed E-state index contributed by atoms with van der Waals surface area (Å²) in [4.78, 5) is 0. The van der Waals surface area contributed by atoms with Gasteiger partial charge >= 0.3 is 0 Å². The van der Waals surface area contributed by atoms with Gasteiger partial charge in [0.2, 0.25) is 0 Å². The molecule has 0 unspecified atom stereocenters. The Balaban J connectivity index is 2.16. The van der Waals surface area contributed by atoms with Crippen LogP contribution in [0.5, 0.6) is 0 Å². The van der Waals surface area contributed by atoms with Gasteiger partial charge in [0.05, 0.1) is 0 Å². The Kier molecular flexibility index (Phi) is 3.05. The van der Waals surface area contributed by atoms with Crippen LogP contribution in [-0.4, -0.2) is 0 Å². The van der Waals surface area contributed by atoms with E-state index >= 15 is 0 Å². The summed E-state index contributed by atoms with van der Waals surface area (Å²) in [5.41, 5.74) is 2.63. The van der Waals surface area contributed by atoms with Crippen molar-refractivity contribution in [3.05, 3.63) is 70.6 Å². The van der Waals surface area contributed by atoms with Gasteiger partial charge in [0.1, 0.15) is 17.2 Å². The van der Waals surface area contributed by atoms with Gasteiger partial charge in [0.25, 0.3) is 0 Å². The number of hydrogen-bond acceptors (Lipinski definition) is 1. The summed E-state index contributed by atoms with van der Waals surface area (Å²) >= 11 is 3.50.